The van der Waals surface area contributed by atoms with E-state index in [9.17, 15) is 4.79 Å². The van der Waals surface area contributed by atoms with Gasteiger partial charge in [0.25, 0.3) is 0 Å². The van der Waals surface area contributed by atoms with Gasteiger partial charge in [-0.15, -0.1) is 0 Å². The van der Waals surface area contributed by atoms with Crippen LogP contribution in [0.1, 0.15) is 24.5 Å². The molecule has 32 heavy (non-hydrogen) atoms. The number of morpholine rings is 1. The van der Waals surface area contributed by atoms with Gasteiger partial charge >= 0.3 is 0 Å². The van der Waals surface area contributed by atoms with Crippen molar-refractivity contribution in [1.29, 1.82) is 0 Å². The van der Waals surface area contributed by atoms with E-state index in [1.54, 1.807) is 0 Å². The van der Waals surface area contributed by atoms with Crippen LogP contribution in [-0.4, -0.2) is 62.2 Å². The molecule has 2 aromatic carbocycles. The van der Waals surface area contributed by atoms with Gasteiger partial charge in [-0.1, -0.05) is 42.5 Å². The topological polar surface area (TPSA) is 69.2 Å². The molecule has 0 aromatic heterocycles. The zero-order valence-corrected chi connectivity index (χ0v) is 18.8. The Morgan fingerprint density at radius 2 is 1.78 bits per heavy atom. The van der Waals surface area contributed by atoms with Crippen molar-refractivity contribution in [2.24, 2.45) is 4.99 Å². The number of carbonyl (C=O) groups is 1. The third-order valence-corrected chi connectivity index (χ3v) is 5.90. The molecule has 4 rings (SSSR count). The first-order valence-electron chi connectivity index (χ1n) is 11.5. The highest BCUT2D eigenvalue weighted by Gasteiger charge is 2.31. The van der Waals surface area contributed by atoms with Crippen LogP contribution < -0.4 is 15.5 Å². The molecule has 0 radical (unpaired) electrons. The Morgan fingerprint density at radius 1 is 1.06 bits per heavy atom. The van der Waals surface area contributed by atoms with Crippen molar-refractivity contribution in [2.45, 2.75) is 32.5 Å². The first kappa shape index (κ1) is 22.3. The summed E-state index contributed by atoms with van der Waals surface area (Å²) < 4.78 is 5.47. The molecule has 2 N–H and O–H groups in total. The molecule has 2 heterocycles. The monoisotopic (exact) mass is 435 g/mol. The molecule has 0 bridgehead atoms. The van der Waals surface area contributed by atoms with Crippen molar-refractivity contribution >= 4 is 17.6 Å². The Balaban J connectivity index is 1.40. The van der Waals surface area contributed by atoms with Crippen LogP contribution in [0.5, 0.6) is 0 Å². The number of amides is 1. The van der Waals surface area contributed by atoms with Gasteiger partial charge in [-0.05, 0) is 30.2 Å². The number of aliphatic imine (C=N–C) groups is 1. The minimum absolute atomic E-state index is 0.0316. The maximum absolute atomic E-state index is 12.5. The number of carbonyl (C=O) groups excluding carboxylic acids is 1. The van der Waals surface area contributed by atoms with Gasteiger partial charge < -0.3 is 20.3 Å². The highest BCUT2D eigenvalue weighted by atomic mass is 16.5. The predicted molar refractivity (Wildman–Crippen MR) is 128 cm³/mol. The molecule has 7 heteroatoms. The van der Waals surface area contributed by atoms with Crippen LogP contribution in [0.25, 0.3) is 0 Å². The molecular formula is C25H33N5O2. The van der Waals surface area contributed by atoms with Crippen molar-refractivity contribution in [2.75, 3.05) is 44.3 Å². The van der Waals surface area contributed by atoms with Gasteiger partial charge in [0, 0.05) is 44.8 Å². The van der Waals surface area contributed by atoms with E-state index in [1.165, 1.54) is 11.1 Å². The largest absolute Gasteiger partial charge is 0.379 e. The molecule has 170 valence electrons. The number of anilines is 1. The fourth-order valence-corrected chi connectivity index (χ4v) is 4.21. The van der Waals surface area contributed by atoms with E-state index in [-0.39, 0.29) is 11.9 Å². The smallest absolute Gasteiger partial charge is 0.229 e. The molecule has 2 saturated heterocycles. The quantitative estimate of drug-likeness (QED) is 0.516. The van der Waals surface area contributed by atoms with E-state index < -0.39 is 0 Å². The number of nitrogens with one attached hydrogen (secondary N) is 2. The third kappa shape index (κ3) is 5.87. The Morgan fingerprint density at radius 3 is 2.53 bits per heavy atom. The van der Waals surface area contributed by atoms with E-state index in [0.29, 0.717) is 19.5 Å². The number of guanidine groups is 1. The second kappa shape index (κ2) is 11.1. The van der Waals surface area contributed by atoms with E-state index in [2.05, 4.69) is 46.7 Å². The fraction of sp³-hybridized carbons (Fsp3) is 0.440. The number of nitrogens with zero attached hydrogens (tertiary/aromatic N) is 3. The fourth-order valence-electron chi connectivity index (χ4n) is 4.21. The van der Waals surface area contributed by atoms with Crippen LogP contribution in [0, 0.1) is 0 Å². The number of para-hydroxylation sites is 1. The van der Waals surface area contributed by atoms with Crippen molar-refractivity contribution in [3.8, 4) is 0 Å². The summed E-state index contributed by atoms with van der Waals surface area (Å²) in [6, 6.07) is 18.4. The Bertz CT molecular complexity index is 912. The van der Waals surface area contributed by atoms with Gasteiger partial charge in [-0.3, -0.25) is 9.69 Å². The van der Waals surface area contributed by atoms with Gasteiger partial charge in [0.1, 0.15) is 0 Å². The molecule has 7 nitrogen and oxygen atoms in total. The summed E-state index contributed by atoms with van der Waals surface area (Å²) in [7, 11) is 0. The molecule has 1 unspecified atom stereocenters. The summed E-state index contributed by atoms with van der Waals surface area (Å²) in [5.74, 6) is 0.891. The van der Waals surface area contributed by atoms with Crippen LogP contribution in [0.2, 0.25) is 0 Å². The maximum Gasteiger partial charge on any atom is 0.229 e. The molecule has 2 aromatic rings. The predicted octanol–water partition coefficient (Wildman–Crippen LogP) is 2.38. The second-order valence-electron chi connectivity index (χ2n) is 8.24. The van der Waals surface area contributed by atoms with Crippen LogP contribution in [0.4, 0.5) is 5.69 Å². The lowest BCUT2D eigenvalue weighted by Crippen LogP contribution is -2.44. The summed E-state index contributed by atoms with van der Waals surface area (Å²) in [4.78, 5) is 21.7. The zero-order valence-electron chi connectivity index (χ0n) is 18.8. The minimum atomic E-state index is 0.0316. The third-order valence-electron chi connectivity index (χ3n) is 5.90. The lowest BCUT2D eigenvalue weighted by atomic mass is 10.1. The van der Waals surface area contributed by atoms with E-state index >= 15 is 0 Å². The van der Waals surface area contributed by atoms with Crippen LogP contribution >= 0.6 is 0 Å². The van der Waals surface area contributed by atoms with Crippen molar-refractivity contribution < 1.29 is 9.53 Å². The first-order chi connectivity index (χ1) is 15.7. The van der Waals surface area contributed by atoms with Gasteiger partial charge in [-0.25, -0.2) is 4.99 Å². The summed E-state index contributed by atoms with van der Waals surface area (Å²) in [5, 5.41) is 6.80. The highest BCUT2D eigenvalue weighted by Crippen LogP contribution is 2.21. The number of hydrogen-bond acceptors (Lipinski definition) is 4. The van der Waals surface area contributed by atoms with Crippen LogP contribution in [0.3, 0.4) is 0 Å². The van der Waals surface area contributed by atoms with Gasteiger partial charge in [-0.2, -0.15) is 0 Å². The highest BCUT2D eigenvalue weighted by molar-refractivity contribution is 5.97. The molecule has 1 atom stereocenters. The average molecular weight is 436 g/mol. The summed E-state index contributed by atoms with van der Waals surface area (Å²) in [6.45, 7) is 8.51. The van der Waals surface area contributed by atoms with E-state index in [4.69, 9.17) is 9.73 Å². The Hall–Kier alpha value is -2.90. The molecule has 0 saturated carbocycles. The Labute approximate surface area is 190 Å². The molecular weight excluding hydrogens is 402 g/mol. The lowest BCUT2D eigenvalue weighted by molar-refractivity contribution is -0.117. The van der Waals surface area contributed by atoms with Crippen LogP contribution in [-0.2, 0) is 22.6 Å². The molecule has 1 amide bonds. The molecule has 0 spiro atoms. The van der Waals surface area contributed by atoms with E-state index in [0.717, 1.165) is 51.0 Å². The SMILES string of the molecule is CCNC(=NCc1ccccc1CN1CCOCC1)NC1CC(=O)N(c2ccccc2)C1. The molecule has 2 fully saturated rings. The van der Waals surface area contributed by atoms with E-state index in [1.807, 2.05) is 35.2 Å². The summed E-state index contributed by atoms with van der Waals surface area (Å²) >= 11 is 0. The van der Waals surface area contributed by atoms with Crippen molar-refractivity contribution in [1.82, 2.24) is 15.5 Å². The lowest BCUT2D eigenvalue weighted by Gasteiger charge is -2.27. The minimum Gasteiger partial charge on any atom is -0.379 e. The number of hydrogen-bond donors (Lipinski definition) is 2. The average Bonchev–Trinajstić information content (AvgIpc) is 3.19. The summed E-state index contributed by atoms with van der Waals surface area (Å²) in [5.41, 5.74) is 3.48. The zero-order chi connectivity index (χ0) is 22.2. The van der Waals surface area contributed by atoms with Gasteiger partial charge in [0.2, 0.25) is 5.91 Å². The molecule has 0 aliphatic carbocycles. The summed E-state index contributed by atoms with van der Waals surface area (Å²) in [6.07, 6.45) is 0.465. The van der Waals surface area contributed by atoms with Gasteiger partial charge in [0.15, 0.2) is 5.96 Å². The Kier molecular flexibility index (Phi) is 7.74. The molecule has 2 aliphatic heterocycles. The van der Waals surface area contributed by atoms with Crippen LogP contribution in [0.15, 0.2) is 59.6 Å². The van der Waals surface area contributed by atoms with Gasteiger partial charge in [0.05, 0.1) is 25.8 Å². The standard InChI is InChI=1S/C25H33N5O2/c1-2-26-25(28-22-16-24(31)30(19-22)23-10-4-3-5-11-23)27-17-20-8-6-7-9-21(20)18-29-12-14-32-15-13-29/h3-11,22H,2,12-19H2,1H3,(H2,26,27,28). The number of rotatable bonds is 7. The second-order valence-corrected chi connectivity index (χ2v) is 8.24. The van der Waals surface area contributed by atoms with Crippen molar-refractivity contribution in [3.05, 3.63) is 65.7 Å². The molecule has 2 aliphatic rings. The first-order valence-corrected chi connectivity index (χ1v) is 11.5. The normalized spacial score (nSPS) is 19.9. The van der Waals surface area contributed by atoms with Crippen molar-refractivity contribution in [3.63, 3.8) is 0 Å². The maximum atomic E-state index is 12.5. The number of ether oxygens (including phenoxy) is 1. The number of benzene rings is 2.